The molecule has 0 radical (unpaired) electrons. The van der Waals surface area contributed by atoms with Crippen LogP contribution in [0.2, 0.25) is 0 Å². The number of hydrogen-bond donors (Lipinski definition) is 4. The van der Waals surface area contributed by atoms with Crippen molar-refractivity contribution in [2.24, 2.45) is 11.7 Å². The van der Waals surface area contributed by atoms with Gasteiger partial charge in [-0.05, 0) is 0 Å². The van der Waals surface area contributed by atoms with E-state index in [0.29, 0.717) is 0 Å². The molecular weight excluding hydrogens is 160 g/mol. The molecule has 68 valence electrons. The molecule has 9 nitrogen and oxygen atoms in total. The lowest BCUT2D eigenvalue weighted by Crippen LogP contribution is -2.59. The minimum Gasteiger partial charge on any atom is -0.483 e. The fourth-order valence-corrected chi connectivity index (χ4v) is 0.0680. The van der Waals surface area contributed by atoms with Crippen molar-refractivity contribution in [1.82, 2.24) is 0 Å². The van der Waals surface area contributed by atoms with Gasteiger partial charge >= 0.3 is 0 Å². The van der Waals surface area contributed by atoms with Crippen LogP contribution in [-0.2, 0) is 4.74 Å². The lowest BCUT2D eigenvalue weighted by molar-refractivity contribution is -0.379. The van der Waals surface area contributed by atoms with Crippen molar-refractivity contribution in [3.63, 3.8) is 0 Å². The molecule has 0 saturated carbocycles. The van der Waals surface area contributed by atoms with E-state index in [-0.39, 0.29) is 0 Å². The third kappa shape index (κ3) is 55.8. The van der Waals surface area contributed by atoms with Gasteiger partial charge in [0.1, 0.15) is 0 Å². The lowest BCUT2D eigenvalue weighted by atomic mass is 11.3. The Balaban J connectivity index is -0.000000138. The van der Waals surface area contributed by atoms with E-state index in [1.54, 1.807) is 0 Å². The van der Waals surface area contributed by atoms with Gasteiger partial charge in [0.2, 0.25) is 0 Å². The van der Waals surface area contributed by atoms with Gasteiger partial charge in [-0.3, -0.25) is 11.7 Å². The third-order valence-corrected chi connectivity index (χ3v) is 0.167. The lowest BCUT2D eigenvalue weighted by Gasteiger charge is -2.00. The number of carbonyl (C=O) groups is 2. The Bertz CT molecular complexity index is 92.7. The highest BCUT2D eigenvalue weighted by Gasteiger charge is 1.81. The monoisotopic (exact) mass is 170 g/mol. The van der Waals surface area contributed by atoms with Crippen molar-refractivity contribution in [1.29, 1.82) is 0 Å². The molecule has 0 aromatic heterocycles. The topological polar surface area (TPSA) is 197 Å². The summed E-state index contributed by atoms with van der Waals surface area (Å²) in [5.74, 6) is 14.0. The summed E-state index contributed by atoms with van der Waals surface area (Å²) in [6.07, 6.45) is -4.25. The second kappa shape index (κ2) is 15.8. The summed E-state index contributed by atoms with van der Waals surface area (Å²) >= 11 is 0. The number of hydrogen-bond acceptors (Lipinski definition) is 7. The Kier molecular flexibility index (Phi) is 23.4. The summed E-state index contributed by atoms with van der Waals surface area (Å²) in [7, 11) is 0. The zero-order valence-corrected chi connectivity index (χ0v) is 5.61. The molecule has 0 fully saturated rings. The van der Waals surface area contributed by atoms with Gasteiger partial charge in [0.05, 0.1) is 0 Å². The van der Waals surface area contributed by atoms with Crippen molar-refractivity contribution in [2.75, 3.05) is 0 Å². The standard InChI is InChI=1S/C2H2O5.2H4N2/c3-1(4)7-2(5)6;2*1-2/h(H,3,4)(H,5,6);2*1-2H2. The Labute approximate surface area is 61.4 Å². The van der Waals surface area contributed by atoms with Crippen molar-refractivity contribution in [2.45, 2.75) is 0 Å². The number of quaternary nitrogens is 2. The number of carbonyl (C=O) groups excluding carboxylic acids is 2. The Morgan fingerprint density at radius 3 is 1.18 bits per heavy atom. The summed E-state index contributed by atoms with van der Waals surface area (Å²) < 4.78 is 2.86. The first-order valence-corrected chi connectivity index (χ1v) is 2.04. The van der Waals surface area contributed by atoms with E-state index >= 15 is 0 Å². The smallest absolute Gasteiger partial charge is 0.259 e. The van der Waals surface area contributed by atoms with Gasteiger partial charge in [0.25, 0.3) is 12.3 Å². The molecule has 9 heteroatoms. The van der Waals surface area contributed by atoms with Crippen LogP contribution in [0.5, 0.6) is 0 Å². The number of rotatable bonds is 0. The molecule has 0 unspecified atom stereocenters. The van der Waals surface area contributed by atoms with Gasteiger partial charge < -0.3 is 24.5 Å². The number of nitrogens with two attached hydrogens (primary N) is 2. The molecular formula is C2H10N4O5. The van der Waals surface area contributed by atoms with Crippen LogP contribution in [0.15, 0.2) is 0 Å². The van der Waals surface area contributed by atoms with E-state index in [1.165, 1.54) is 0 Å². The van der Waals surface area contributed by atoms with Crippen molar-refractivity contribution in [3.05, 3.63) is 0 Å². The highest BCUT2D eigenvalue weighted by molar-refractivity contribution is 5.71. The van der Waals surface area contributed by atoms with Crippen LogP contribution in [0, 0.1) is 0 Å². The Morgan fingerprint density at radius 2 is 1.18 bits per heavy atom. The minimum atomic E-state index is -2.12. The first-order chi connectivity index (χ1) is 5.13. The maximum Gasteiger partial charge on any atom is 0.259 e. The SMILES string of the molecule is N[NH3+].N[NH3+].O=C([O-])OC(=O)[O-]. The fraction of sp³-hybridized carbons (Fsp3) is 0. The summed E-state index contributed by atoms with van der Waals surface area (Å²) in [6.45, 7) is 0. The predicted molar refractivity (Wildman–Crippen MR) is 26.0 cm³/mol. The summed E-state index contributed by atoms with van der Waals surface area (Å²) in [6, 6.07) is 0. The van der Waals surface area contributed by atoms with Gasteiger partial charge in [-0.15, -0.1) is 0 Å². The first-order valence-electron chi connectivity index (χ1n) is 2.04. The molecule has 0 aromatic rings. The average molecular weight is 170 g/mol. The molecule has 0 saturated heterocycles. The number of ether oxygens (including phenoxy) is 1. The van der Waals surface area contributed by atoms with Crippen molar-refractivity contribution < 1.29 is 36.2 Å². The van der Waals surface area contributed by atoms with Crippen LogP contribution in [0.4, 0.5) is 9.59 Å². The van der Waals surface area contributed by atoms with Crippen LogP contribution >= 0.6 is 0 Å². The van der Waals surface area contributed by atoms with E-state index in [4.69, 9.17) is 19.8 Å². The van der Waals surface area contributed by atoms with E-state index in [2.05, 4.69) is 28.1 Å². The van der Waals surface area contributed by atoms with Gasteiger partial charge in [0, 0.05) is 0 Å². The zero-order valence-electron chi connectivity index (χ0n) is 5.61. The molecule has 0 atom stereocenters. The second-order valence-corrected chi connectivity index (χ2v) is 0.602. The molecule has 0 spiro atoms. The van der Waals surface area contributed by atoms with Gasteiger partial charge in [-0.2, -0.15) is 11.7 Å². The van der Waals surface area contributed by atoms with Crippen molar-refractivity contribution in [3.8, 4) is 0 Å². The largest absolute Gasteiger partial charge is 0.483 e. The van der Waals surface area contributed by atoms with E-state index < -0.39 is 12.3 Å². The fourth-order valence-electron chi connectivity index (χ4n) is 0.0680. The molecule has 0 aromatic carbocycles. The predicted octanol–water partition coefficient (Wildman–Crippen LogP) is -6.11. The molecule has 11 heavy (non-hydrogen) atoms. The first kappa shape index (κ1) is 16.3. The highest BCUT2D eigenvalue weighted by atomic mass is 16.7. The highest BCUT2D eigenvalue weighted by Crippen LogP contribution is 1.65. The van der Waals surface area contributed by atoms with Crippen LogP contribution in [0.1, 0.15) is 0 Å². The summed E-state index contributed by atoms with van der Waals surface area (Å²) in [4.78, 5) is 18.1. The van der Waals surface area contributed by atoms with Gasteiger partial charge in [-0.25, -0.2) is 0 Å². The minimum absolute atomic E-state index is 2.12. The van der Waals surface area contributed by atoms with E-state index in [0.717, 1.165) is 0 Å². The molecule has 0 amide bonds. The van der Waals surface area contributed by atoms with Crippen LogP contribution in [0.3, 0.4) is 0 Å². The van der Waals surface area contributed by atoms with Gasteiger partial charge in [0.15, 0.2) is 0 Å². The molecule has 0 aliphatic heterocycles. The molecule has 0 aliphatic carbocycles. The second-order valence-electron chi connectivity index (χ2n) is 0.602. The Morgan fingerprint density at radius 1 is 1.00 bits per heavy atom. The Hall–Kier alpha value is -1.42. The number of carboxylic acid groups (broad SMARTS) is 2. The van der Waals surface area contributed by atoms with Crippen molar-refractivity contribution >= 4 is 12.3 Å². The zero-order chi connectivity index (χ0) is 9.86. The van der Waals surface area contributed by atoms with E-state index in [1.807, 2.05) is 0 Å². The third-order valence-electron chi connectivity index (χ3n) is 0.167. The molecule has 0 bridgehead atoms. The molecule has 0 heterocycles. The summed E-state index contributed by atoms with van der Waals surface area (Å²) in [5.41, 5.74) is 0. The maximum atomic E-state index is 9.06. The summed E-state index contributed by atoms with van der Waals surface area (Å²) in [5, 5.41) is 18.1. The average Bonchev–Trinajstić information content (AvgIpc) is 1.93. The van der Waals surface area contributed by atoms with Gasteiger partial charge in [-0.1, -0.05) is 0 Å². The molecule has 0 rings (SSSR count). The van der Waals surface area contributed by atoms with Crippen LogP contribution in [0.25, 0.3) is 0 Å². The van der Waals surface area contributed by atoms with Crippen LogP contribution in [-0.4, -0.2) is 12.3 Å². The molecule has 10 N–H and O–H groups in total. The maximum absolute atomic E-state index is 9.06. The normalized spacial score (nSPS) is 5.82. The van der Waals surface area contributed by atoms with Crippen LogP contribution < -0.4 is 33.6 Å². The molecule has 0 aliphatic rings. The quantitative estimate of drug-likeness (QED) is 0.120. The van der Waals surface area contributed by atoms with E-state index in [9.17, 15) is 0 Å².